The van der Waals surface area contributed by atoms with E-state index in [2.05, 4.69) is 11.5 Å². The van der Waals surface area contributed by atoms with Gasteiger partial charge in [-0.1, -0.05) is 0 Å². The molecule has 4 N–H and O–H groups in total. The Morgan fingerprint density at radius 1 is 1.11 bits per heavy atom. The Morgan fingerprint density at radius 3 is 1.33 bits per heavy atom. The zero-order chi connectivity index (χ0) is 7.86. The Kier molecular flexibility index (Phi) is 7.76. The van der Waals surface area contributed by atoms with E-state index in [4.69, 9.17) is 4.79 Å². The van der Waals surface area contributed by atoms with Gasteiger partial charge in [0.05, 0.1) is 0 Å². The molecule has 0 saturated carbocycles. The average Bonchev–Trinajstić information content (AvgIpc) is 1.68. The van der Waals surface area contributed by atoms with E-state index >= 15 is 0 Å². The van der Waals surface area contributed by atoms with Gasteiger partial charge in [-0.05, 0) is 0 Å². The first-order valence-corrected chi connectivity index (χ1v) is 1.98. The van der Waals surface area contributed by atoms with Gasteiger partial charge in [-0.15, -0.1) is 0 Å². The van der Waals surface area contributed by atoms with Crippen LogP contribution in [0.15, 0.2) is 0 Å². The lowest BCUT2D eigenvalue weighted by Crippen LogP contribution is -2.21. The van der Waals surface area contributed by atoms with Crippen LogP contribution in [0.3, 0.4) is 0 Å². The highest BCUT2D eigenvalue weighted by Crippen LogP contribution is 1.68. The van der Waals surface area contributed by atoms with E-state index in [9.17, 15) is 9.59 Å². The molecule has 0 saturated heterocycles. The summed E-state index contributed by atoms with van der Waals surface area (Å²) in [6, 6.07) is 0. The van der Waals surface area contributed by atoms with Crippen molar-refractivity contribution in [3.05, 3.63) is 0 Å². The summed E-state index contributed by atoms with van der Waals surface area (Å²) in [5.41, 5.74) is 9.11. The molecule has 52 valence electrons. The van der Waals surface area contributed by atoms with Gasteiger partial charge in [0.1, 0.15) is 13.2 Å². The summed E-state index contributed by atoms with van der Waals surface area (Å²) < 4.78 is 0. The second kappa shape index (κ2) is 6.61. The minimum absolute atomic E-state index is 0.361. The second-order valence-electron chi connectivity index (χ2n) is 1.11. The van der Waals surface area contributed by atoms with Gasteiger partial charge in [-0.3, -0.25) is 9.59 Å². The number of carbonyl (C=O) groups is 3. The van der Waals surface area contributed by atoms with E-state index in [1.807, 2.05) is 6.79 Å². The number of carbonyl (C=O) groups excluding carboxylic acids is 3. The fraction of sp³-hybridized carbons (Fsp3) is 0.250. The third-order valence-electron chi connectivity index (χ3n) is 0.348. The summed E-state index contributed by atoms with van der Waals surface area (Å²) in [7, 11) is 0. The van der Waals surface area contributed by atoms with Gasteiger partial charge in [0.25, 0.3) is 0 Å². The maximum Gasteiger partial charge on any atom is 0.226 e. The molecule has 0 aliphatic carbocycles. The molecular formula is C4H8N2O3. The molecular weight excluding hydrogens is 124 g/mol. The van der Waals surface area contributed by atoms with Gasteiger partial charge in [0.15, 0.2) is 0 Å². The predicted octanol–water partition coefficient (Wildman–Crippen LogP) is -1.84. The molecule has 0 bridgehead atoms. The fourth-order valence-corrected chi connectivity index (χ4v) is 0.172. The molecule has 0 heterocycles. The molecule has 0 atom stereocenters. The molecule has 5 heteroatoms. The molecule has 2 amide bonds. The summed E-state index contributed by atoms with van der Waals surface area (Å²) in [4.78, 5) is 27.5. The molecule has 9 heavy (non-hydrogen) atoms. The number of hydrogen-bond acceptors (Lipinski definition) is 3. The van der Waals surface area contributed by atoms with Crippen molar-refractivity contribution in [2.45, 2.75) is 6.42 Å². The third kappa shape index (κ3) is 20.6. The average molecular weight is 132 g/mol. The first kappa shape index (κ1) is 10.6. The molecule has 0 unspecified atom stereocenters. The molecule has 0 aromatic carbocycles. The van der Waals surface area contributed by atoms with Crippen molar-refractivity contribution in [3.63, 3.8) is 0 Å². The van der Waals surface area contributed by atoms with Crippen LogP contribution in [0.25, 0.3) is 0 Å². The standard InChI is InChI=1S/C3H6N2O2.CH2O/c4-2(6)1-3(5)7;1-2/h1H2,(H2,4,6)(H2,5,7);1H2. The molecule has 5 nitrogen and oxygen atoms in total. The minimum atomic E-state index is -0.687. The molecule has 0 aromatic heterocycles. The van der Waals surface area contributed by atoms with Crippen molar-refractivity contribution in [1.29, 1.82) is 0 Å². The lowest BCUT2D eigenvalue weighted by molar-refractivity contribution is -0.125. The zero-order valence-electron chi connectivity index (χ0n) is 4.79. The highest BCUT2D eigenvalue weighted by atomic mass is 16.2. The molecule has 0 radical (unpaired) electrons. The Bertz CT molecular complexity index is 100. The van der Waals surface area contributed by atoms with Gasteiger partial charge >= 0.3 is 0 Å². The maximum atomic E-state index is 9.73. The van der Waals surface area contributed by atoms with Crippen LogP contribution in [0.4, 0.5) is 0 Å². The summed E-state index contributed by atoms with van der Waals surface area (Å²) in [6.07, 6.45) is -0.361. The maximum absolute atomic E-state index is 9.73. The first-order valence-electron chi connectivity index (χ1n) is 1.98. The van der Waals surface area contributed by atoms with E-state index in [1.165, 1.54) is 0 Å². The summed E-state index contributed by atoms with van der Waals surface area (Å²) in [5.74, 6) is -1.37. The Balaban J connectivity index is 0. The Labute approximate surface area is 52.0 Å². The van der Waals surface area contributed by atoms with Crippen LogP contribution >= 0.6 is 0 Å². The molecule has 0 spiro atoms. The van der Waals surface area contributed by atoms with Gasteiger partial charge in [-0.25, -0.2) is 0 Å². The van der Waals surface area contributed by atoms with Gasteiger partial charge in [0.2, 0.25) is 11.8 Å². The lowest BCUT2D eigenvalue weighted by atomic mass is 10.4. The van der Waals surface area contributed by atoms with Crippen LogP contribution in [0.5, 0.6) is 0 Å². The number of primary amides is 2. The highest BCUT2D eigenvalue weighted by molar-refractivity contribution is 5.95. The topological polar surface area (TPSA) is 103 Å². The van der Waals surface area contributed by atoms with Crippen LogP contribution in [0, 0.1) is 0 Å². The van der Waals surface area contributed by atoms with Crippen LogP contribution in [0.1, 0.15) is 6.42 Å². The number of hydrogen-bond donors (Lipinski definition) is 2. The third-order valence-corrected chi connectivity index (χ3v) is 0.348. The van der Waals surface area contributed by atoms with E-state index < -0.39 is 11.8 Å². The number of rotatable bonds is 2. The second-order valence-corrected chi connectivity index (χ2v) is 1.11. The zero-order valence-corrected chi connectivity index (χ0v) is 4.79. The monoisotopic (exact) mass is 132 g/mol. The van der Waals surface area contributed by atoms with E-state index in [0.717, 1.165) is 0 Å². The normalized spacial score (nSPS) is 6.67. The number of amides is 2. The SMILES string of the molecule is C=O.NC(=O)CC(N)=O. The summed E-state index contributed by atoms with van der Waals surface area (Å²) in [6.45, 7) is 2.00. The van der Waals surface area contributed by atoms with E-state index in [-0.39, 0.29) is 6.42 Å². The van der Waals surface area contributed by atoms with Crippen molar-refractivity contribution in [3.8, 4) is 0 Å². The van der Waals surface area contributed by atoms with Crippen molar-refractivity contribution in [2.24, 2.45) is 11.5 Å². The van der Waals surface area contributed by atoms with E-state index in [1.54, 1.807) is 0 Å². The van der Waals surface area contributed by atoms with Crippen LogP contribution in [-0.4, -0.2) is 18.6 Å². The fourth-order valence-electron chi connectivity index (χ4n) is 0.172. The Hall–Kier alpha value is -1.39. The molecule has 0 aromatic rings. The molecule has 0 aliphatic rings. The van der Waals surface area contributed by atoms with Gasteiger partial charge < -0.3 is 16.3 Å². The largest absolute Gasteiger partial charge is 0.369 e. The van der Waals surface area contributed by atoms with Gasteiger partial charge in [0, 0.05) is 0 Å². The van der Waals surface area contributed by atoms with Crippen molar-refractivity contribution >= 4 is 18.6 Å². The summed E-state index contributed by atoms with van der Waals surface area (Å²) in [5, 5.41) is 0. The lowest BCUT2D eigenvalue weighted by Gasteiger charge is -1.82. The van der Waals surface area contributed by atoms with Crippen LogP contribution in [-0.2, 0) is 14.4 Å². The molecule has 0 aliphatic heterocycles. The smallest absolute Gasteiger partial charge is 0.226 e. The van der Waals surface area contributed by atoms with Crippen LogP contribution < -0.4 is 11.5 Å². The highest BCUT2D eigenvalue weighted by Gasteiger charge is 1.96. The van der Waals surface area contributed by atoms with Crippen LogP contribution in [0.2, 0.25) is 0 Å². The predicted molar refractivity (Wildman–Crippen MR) is 30.1 cm³/mol. The van der Waals surface area contributed by atoms with Crippen molar-refractivity contribution in [2.75, 3.05) is 0 Å². The Morgan fingerprint density at radius 2 is 1.33 bits per heavy atom. The van der Waals surface area contributed by atoms with Gasteiger partial charge in [-0.2, -0.15) is 0 Å². The first-order chi connectivity index (χ1) is 4.13. The molecule has 0 rings (SSSR count). The van der Waals surface area contributed by atoms with Crippen molar-refractivity contribution < 1.29 is 14.4 Å². The van der Waals surface area contributed by atoms with Crippen molar-refractivity contribution in [1.82, 2.24) is 0 Å². The number of nitrogens with two attached hydrogens (primary N) is 2. The minimum Gasteiger partial charge on any atom is -0.369 e. The summed E-state index contributed by atoms with van der Waals surface area (Å²) >= 11 is 0. The quantitative estimate of drug-likeness (QED) is 0.431. The van der Waals surface area contributed by atoms with E-state index in [0.29, 0.717) is 0 Å². The molecule has 0 fully saturated rings.